The molecule has 5 heteroatoms. The van der Waals surface area contributed by atoms with Gasteiger partial charge in [0.1, 0.15) is 12.4 Å². The van der Waals surface area contributed by atoms with Gasteiger partial charge in [0.15, 0.2) is 0 Å². The fraction of sp³-hybridized carbons (Fsp3) is 0.409. The average Bonchev–Trinajstić information content (AvgIpc) is 2.95. The van der Waals surface area contributed by atoms with Crippen molar-refractivity contribution >= 4 is 23.4 Å². The van der Waals surface area contributed by atoms with E-state index in [0.29, 0.717) is 6.61 Å². The van der Waals surface area contributed by atoms with Crippen molar-refractivity contribution in [3.63, 3.8) is 0 Å². The summed E-state index contributed by atoms with van der Waals surface area (Å²) < 4.78 is 5.89. The predicted molar refractivity (Wildman–Crippen MR) is 111 cm³/mol. The number of amides is 1. The molecule has 1 N–H and O–H groups in total. The molecule has 0 atom stereocenters. The number of hydrogen-bond donors (Lipinski definition) is 1. The molecule has 0 unspecified atom stereocenters. The number of thioether (sulfide) groups is 1. The van der Waals surface area contributed by atoms with E-state index < -0.39 is 0 Å². The van der Waals surface area contributed by atoms with Crippen molar-refractivity contribution in [3.05, 3.63) is 53.6 Å². The number of nitrogens with one attached hydrogen (secondary N) is 1. The third kappa shape index (κ3) is 3.58. The first-order valence-corrected chi connectivity index (χ1v) is 10.7. The topological polar surface area (TPSA) is 41.6 Å². The maximum atomic E-state index is 12.7. The highest BCUT2D eigenvalue weighted by atomic mass is 32.2. The van der Waals surface area contributed by atoms with E-state index in [-0.39, 0.29) is 11.3 Å². The molecule has 0 radical (unpaired) electrons. The van der Waals surface area contributed by atoms with Crippen LogP contribution < -0.4 is 10.1 Å². The molecule has 142 valence electrons. The van der Waals surface area contributed by atoms with Crippen LogP contribution >= 0.6 is 11.8 Å². The summed E-state index contributed by atoms with van der Waals surface area (Å²) in [6, 6.07) is 14.5. The molecular weight excluding hydrogens is 356 g/mol. The fourth-order valence-electron chi connectivity index (χ4n) is 4.15. The van der Waals surface area contributed by atoms with Gasteiger partial charge in [-0.05, 0) is 75.0 Å². The minimum Gasteiger partial charge on any atom is -0.492 e. The lowest BCUT2D eigenvalue weighted by atomic mass is 9.73. The lowest BCUT2D eigenvalue weighted by molar-refractivity contribution is -0.122. The summed E-state index contributed by atoms with van der Waals surface area (Å²) in [7, 11) is 0. The maximum absolute atomic E-state index is 12.7. The number of hydrogen-bond acceptors (Lipinski definition) is 4. The van der Waals surface area contributed by atoms with E-state index in [0.717, 1.165) is 43.9 Å². The minimum absolute atomic E-state index is 0.174. The molecule has 27 heavy (non-hydrogen) atoms. The number of rotatable bonds is 5. The first kappa shape index (κ1) is 18.4. The summed E-state index contributed by atoms with van der Waals surface area (Å²) in [5, 5.41) is 3.09. The second-order valence-electron chi connectivity index (χ2n) is 7.45. The number of piperidine rings is 1. The minimum atomic E-state index is -0.341. The zero-order chi connectivity index (χ0) is 18.9. The second kappa shape index (κ2) is 7.56. The lowest BCUT2D eigenvalue weighted by Crippen LogP contribution is -2.47. The van der Waals surface area contributed by atoms with E-state index in [4.69, 9.17) is 4.74 Å². The molecule has 0 aromatic heterocycles. The zero-order valence-corrected chi connectivity index (χ0v) is 16.8. The highest BCUT2D eigenvalue weighted by Crippen LogP contribution is 2.45. The van der Waals surface area contributed by atoms with Gasteiger partial charge in [0.25, 0.3) is 0 Å². The van der Waals surface area contributed by atoms with Crippen molar-refractivity contribution in [2.45, 2.75) is 30.1 Å². The summed E-state index contributed by atoms with van der Waals surface area (Å²) in [6.07, 6.45) is 3.82. The summed E-state index contributed by atoms with van der Waals surface area (Å²) in [6.45, 7) is 5.51. The molecule has 1 spiro atoms. The van der Waals surface area contributed by atoms with Gasteiger partial charge >= 0.3 is 0 Å². The number of carbonyl (C=O) groups is 1. The molecular formula is C22H26N2O2S. The molecule has 4 nitrogen and oxygen atoms in total. The largest absolute Gasteiger partial charge is 0.492 e. The highest BCUT2D eigenvalue weighted by Gasteiger charge is 2.48. The first-order valence-electron chi connectivity index (χ1n) is 9.52. The Morgan fingerprint density at radius 3 is 2.59 bits per heavy atom. The van der Waals surface area contributed by atoms with Gasteiger partial charge in [-0.2, -0.15) is 0 Å². The van der Waals surface area contributed by atoms with Crippen LogP contribution in [-0.2, 0) is 10.2 Å². The number of ether oxygens (including phenoxy) is 1. The lowest BCUT2D eigenvalue weighted by Gasteiger charge is -2.38. The van der Waals surface area contributed by atoms with Gasteiger partial charge in [-0.1, -0.05) is 17.7 Å². The second-order valence-corrected chi connectivity index (χ2v) is 8.33. The molecule has 2 aromatic carbocycles. The van der Waals surface area contributed by atoms with Gasteiger partial charge in [0, 0.05) is 17.1 Å². The normalized spacial score (nSPS) is 18.4. The molecule has 0 saturated carbocycles. The Kier molecular flexibility index (Phi) is 5.15. The van der Waals surface area contributed by atoms with Crippen molar-refractivity contribution in [1.82, 2.24) is 4.90 Å². The number of fused-ring (bicyclic) bond motifs is 2. The Labute approximate surface area is 165 Å². The van der Waals surface area contributed by atoms with Gasteiger partial charge in [0.05, 0.1) is 5.41 Å². The number of nitrogens with zero attached hydrogens (tertiary/aromatic N) is 1. The van der Waals surface area contributed by atoms with Gasteiger partial charge in [-0.3, -0.25) is 9.69 Å². The van der Waals surface area contributed by atoms with Crippen LogP contribution in [0.3, 0.4) is 0 Å². The summed E-state index contributed by atoms with van der Waals surface area (Å²) in [5.74, 6) is 1.09. The van der Waals surface area contributed by atoms with Gasteiger partial charge in [-0.25, -0.2) is 0 Å². The number of anilines is 1. The van der Waals surface area contributed by atoms with E-state index in [9.17, 15) is 4.79 Å². The van der Waals surface area contributed by atoms with Crippen molar-refractivity contribution in [1.29, 1.82) is 0 Å². The van der Waals surface area contributed by atoms with Crippen LogP contribution in [-0.4, -0.2) is 43.3 Å². The fourth-order valence-corrected chi connectivity index (χ4v) is 4.55. The molecule has 4 rings (SSSR count). The quantitative estimate of drug-likeness (QED) is 0.791. The molecule has 2 aromatic rings. The van der Waals surface area contributed by atoms with Crippen molar-refractivity contribution in [2.24, 2.45) is 0 Å². The Balaban J connectivity index is 1.33. The van der Waals surface area contributed by atoms with Crippen LogP contribution in [0, 0.1) is 6.92 Å². The van der Waals surface area contributed by atoms with Crippen LogP contribution in [0.4, 0.5) is 5.69 Å². The molecule has 2 aliphatic rings. The van der Waals surface area contributed by atoms with Crippen LogP contribution in [0.2, 0.25) is 0 Å². The van der Waals surface area contributed by atoms with E-state index >= 15 is 0 Å². The summed E-state index contributed by atoms with van der Waals surface area (Å²) in [4.78, 5) is 16.4. The SMILES string of the molecule is CSc1ccc(OCCN2CCC3(CC2)C(=O)Nc2ccc(C)cc23)cc1. The van der Waals surface area contributed by atoms with E-state index in [1.54, 1.807) is 11.8 Å². The third-order valence-corrected chi connectivity index (χ3v) is 6.56. The number of aryl methyl sites for hydroxylation is 1. The Bertz CT molecular complexity index is 827. The third-order valence-electron chi connectivity index (χ3n) is 5.82. The van der Waals surface area contributed by atoms with Crippen molar-refractivity contribution < 1.29 is 9.53 Å². The van der Waals surface area contributed by atoms with Crippen LogP contribution in [0.25, 0.3) is 0 Å². The van der Waals surface area contributed by atoms with Crippen molar-refractivity contribution in [3.8, 4) is 5.75 Å². The smallest absolute Gasteiger partial charge is 0.235 e. The zero-order valence-electron chi connectivity index (χ0n) is 16.0. The van der Waals surface area contributed by atoms with Crippen molar-refractivity contribution in [2.75, 3.05) is 37.8 Å². The Morgan fingerprint density at radius 2 is 1.89 bits per heavy atom. The molecule has 2 aliphatic heterocycles. The molecule has 1 fully saturated rings. The number of carbonyl (C=O) groups excluding carboxylic acids is 1. The Hall–Kier alpha value is -1.98. The number of benzene rings is 2. The van der Waals surface area contributed by atoms with Crippen LogP contribution in [0.1, 0.15) is 24.0 Å². The predicted octanol–water partition coefficient (Wildman–Crippen LogP) is 4.08. The first-order chi connectivity index (χ1) is 13.1. The van der Waals surface area contributed by atoms with Gasteiger partial charge in [0.2, 0.25) is 5.91 Å². The molecule has 2 heterocycles. The monoisotopic (exact) mass is 382 g/mol. The average molecular weight is 383 g/mol. The molecule has 1 amide bonds. The van der Waals surface area contributed by atoms with Crippen LogP contribution in [0.5, 0.6) is 5.75 Å². The summed E-state index contributed by atoms with van der Waals surface area (Å²) in [5.41, 5.74) is 3.06. The summed E-state index contributed by atoms with van der Waals surface area (Å²) >= 11 is 1.73. The number of likely N-dealkylation sites (tertiary alicyclic amines) is 1. The van der Waals surface area contributed by atoms with Gasteiger partial charge < -0.3 is 10.1 Å². The van der Waals surface area contributed by atoms with Gasteiger partial charge in [-0.15, -0.1) is 11.8 Å². The van der Waals surface area contributed by atoms with E-state index in [1.165, 1.54) is 16.0 Å². The Morgan fingerprint density at radius 1 is 1.15 bits per heavy atom. The highest BCUT2D eigenvalue weighted by molar-refractivity contribution is 7.98. The standard InChI is InChI=1S/C22H26N2O2S/c1-16-3-8-20-19(15-16)22(21(25)23-20)9-11-24(12-10-22)13-14-26-17-4-6-18(27-2)7-5-17/h3-8,15H,9-14H2,1-2H3,(H,23,25). The van der Waals surface area contributed by atoms with E-state index in [2.05, 4.69) is 47.7 Å². The van der Waals surface area contributed by atoms with E-state index in [1.807, 2.05) is 18.2 Å². The molecule has 1 saturated heterocycles. The van der Waals surface area contributed by atoms with Crippen LogP contribution in [0.15, 0.2) is 47.4 Å². The maximum Gasteiger partial charge on any atom is 0.235 e. The molecule has 0 aliphatic carbocycles. The molecule has 0 bridgehead atoms.